The summed E-state index contributed by atoms with van der Waals surface area (Å²) in [6.45, 7) is 3.86. The number of benzene rings is 1. The van der Waals surface area contributed by atoms with Gasteiger partial charge in [0.25, 0.3) is 5.91 Å². The van der Waals surface area contributed by atoms with E-state index < -0.39 is 0 Å². The van der Waals surface area contributed by atoms with Crippen molar-refractivity contribution in [1.82, 2.24) is 4.98 Å². The van der Waals surface area contributed by atoms with Crippen molar-refractivity contribution < 1.29 is 4.79 Å². The van der Waals surface area contributed by atoms with Gasteiger partial charge in [0.2, 0.25) is 0 Å². The predicted octanol–water partition coefficient (Wildman–Crippen LogP) is 3.77. The van der Waals surface area contributed by atoms with Crippen LogP contribution in [0, 0.1) is 13.8 Å². The second-order valence-corrected chi connectivity index (χ2v) is 5.87. The third kappa shape index (κ3) is 3.14. The molecule has 2 rings (SSSR count). The van der Waals surface area contributed by atoms with Gasteiger partial charge in [0.05, 0.1) is 11.2 Å². The monoisotopic (exact) mass is 310 g/mol. The smallest absolute Gasteiger partial charge is 0.267 e. The lowest BCUT2D eigenvalue weighted by Gasteiger charge is -2.05. The van der Waals surface area contributed by atoms with Gasteiger partial charge in [-0.25, -0.2) is 4.98 Å². The highest BCUT2D eigenvalue weighted by Gasteiger charge is 2.09. The second kappa shape index (κ2) is 4.98. The normalized spacial score (nSPS) is 10.3. The van der Waals surface area contributed by atoms with Crippen molar-refractivity contribution in [1.29, 1.82) is 0 Å². The molecule has 0 atom stereocenters. The van der Waals surface area contributed by atoms with Crippen LogP contribution in [0.5, 0.6) is 0 Å². The molecule has 0 aliphatic carbocycles. The molecule has 3 nitrogen and oxygen atoms in total. The van der Waals surface area contributed by atoms with Crippen LogP contribution in [0.4, 0.5) is 5.69 Å². The zero-order chi connectivity index (χ0) is 12.4. The van der Waals surface area contributed by atoms with Gasteiger partial charge in [0.1, 0.15) is 4.88 Å². The predicted molar refractivity (Wildman–Crippen MR) is 73.7 cm³/mol. The van der Waals surface area contributed by atoms with E-state index in [0.717, 1.165) is 20.7 Å². The van der Waals surface area contributed by atoms with Crippen molar-refractivity contribution in [3.8, 4) is 0 Å². The molecule has 0 fully saturated rings. The Labute approximate surface area is 112 Å². The minimum Gasteiger partial charge on any atom is -0.321 e. The lowest BCUT2D eigenvalue weighted by Crippen LogP contribution is -2.10. The number of amides is 1. The van der Waals surface area contributed by atoms with Crippen LogP contribution in [0.2, 0.25) is 0 Å². The topological polar surface area (TPSA) is 42.0 Å². The first kappa shape index (κ1) is 12.3. The minimum atomic E-state index is -0.117. The average Bonchev–Trinajstić information content (AvgIpc) is 2.63. The van der Waals surface area contributed by atoms with E-state index in [-0.39, 0.29) is 5.91 Å². The second-order valence-electron chi connectivity index (χ2n) is 3.71. The zero-order valence-corrected chi connectivity index (χ0v) is 11.9. The molecule has 0 saturated carbocycles. The number of aromatic nitrogens is 1. The summed E-state index contributed by atoms with van der Waals surface area (Å²) in [5.74, 6) is -0.117. The van der Waals surface area contributed by atoms with Crippen molar-refractivity contribution in [3.63, 3.8) is 0 Å². The molecule has 0 unspecified atom stereocenters. The van der Waals surface area contributed by atoms with Crippen LogP contribution in [0.3, 0.4) is 0 Å². The number of hydrogen-bond donors (Lipinski definition) is 1. The minimum absolute atomic E-state index is 0.117. The molecule has 2 aromatic rings. The number of nitrogens with zero attached hydrogens (tertiary/aromatic N) is 1. The van der Waals surface area contributed by atoms with Crippen molar-refractivity contribution in [2.24, 2.45) is 0 Å². The first-order chi connectivity index (χ1) is 8.04. The van der Waals surface area contributed by atoms with Crippen molar-refractivity contribution >= 4 is 38.9 Å². The Morgan fingerprint density at radius 2 is 2.12 bits per heavy atom. The molecule has 1 amide bonds. The van der Waals surface area contributed by atoms with Crippen molar-refractivity contribution in [2.75, 3.05) is 5.32 Å². The Kier molecular flexibility index (Phi) is 3.59. The molecule has 1 heterocycles. The number of aryl methyl sites for hydroxylation is 2. The van der Waals surface area contributed by atoms with E-state index in [4.69, 9.17) is 0 Å². The Hall–Kier alpha value is -1.20. The standard InChI is InChI=1S/C12H11BrN2OS/c1-7-3-9(13)5-10(4-7)15-12(16)11-6-14-8(2)17-11/h3-6H,1-2H3,(H,15,16). The number of nitrogens with one attached hydrogen (secondary N) is 1. The first-order valence-electron chi connectivity index (χ1n) is 5.05. The molecule has 0 spiro atoms. The summed E-state index contributed by atoms with van der Waals surface area (Å²) in [5.41, 5.74) is 1.88. The summed E-state index contributed by atoms with van der Waals surface area (Å²) < 4.78 is 0.952. The van der Waals surface area contributed by atoms with Crippen molar-refractivity contribution in [2.45, 2.75) is 13.8 Å². The van der Waals surface area contributed by atoms with Gasteiger partial charge >= 0.3 is 0 Å². The maximum absolute atomic E-state index is 11.9. The molecule has 1 aromatic heterocycles. The summed E-state index contributed by atoms with van der Waals surface area (Å²) in [7, 11) is 0. The maximum Gasteiger partial charge on any atom is 0.267 e. The Bertz CT molecular complexity index is 545. The van der Waals surface area contributed by atoms with Crippen LogP contribution in [0.25, 0.3) is 0 Å². The maximum atomic E-state index is 11.9. The fourth-order valence-corrected chi connectivity index (χ4v) is 2.75. The van der Waals surface area contributed by atoms with Gasteiger partial charge in [0.15, 0.2) is 0 Å². The number of carbonyl (C=O) groups is 1. The SMILES string of the molecule is Cc1cc(Br)cc(NC(=O)c2cnc(C)s2)c1. The van der Waals surface area contributed by atoms with E-state index in [9.17, 15) is 4.79 Å². The molecule has 0 aliphatic heterocycles. The number of rotatable bonds is 2. The van der Waals surface area contributed by atoms with Crippen LogP contribution < -0.4 is 5.32 Å². The summed E-state index contributed by atoms with van der Waals surface area (Å²) in [4.78, 5) is 16.6. The van der Waals surface area contributed by atoms with Gasteiger partial charge in [0, 0.05) is 10.2 Å². The van der Waals surface area contributed by atoms with E-state index in [1.807, 2.05) is 32.0 Å². The van der Waals surface area contributed by atoms with E-state index in [1.54, 1.807) is 6.20 Å². The highest BCUT2D eigenvalue weighted by molar-refractivity contribution is 9.10. The van der Waals surface area contributed by atoms with Crippen LogP contribution >= 0.6 is 27.3 Å². The molecule has 17 heavy (non-hydrogen) atoms. The molecular formula is C12H11BrN2OS. The molecule has 88 valence electrons. The highest BCUT2D eigenvalue weighted by atomic mass is 79.9. The largest absolute Gasteiger partial charge is 0.321 e. The van der Waals surface area contributed by atoms with Crippen LogP contribution in [-0.4, -0.2) is 10.9 Å². The van der Waals surface area contributed by atoms with E-state index in [1.165, 1.54) is 11.3 Å². The molecule has 0 radical (unpaired) electrons. The Balaban J connectivity index is 2.18. The van der Waals surface area contributed by atoms with Gasteiger partial charge in [-0.2, -0.15) is 0 Å². The van der Waals surface area contributed by atoms with Gasteiger partial charge in [-0.1, -0.05) is 15.9 Å². The molecule has 5 heteroatoms. The third-order valence-electron chi connectivity index (χ3n) is 2.15. The van der Waals surface area contributed by atoms with E-state index in [2.05, 4.69) is 26.2 Å². The highest BCUT2D eigenvalue weighted by Crippen LogP contribution is 2.20. The summed E-state index contributed by atoms with van der Waals surface area (Å²) in [6, 6.07) is 5.79. The van der Waals surface area contributed by atoms with Crippen molar-refractivity contribution in [3.05, 3.63) is 44.3 Å². The van der Waals surface area contributed by atoms with Gasteiger partial charge in [-0.3, -0.25) is 4.79 Å². The van der Waals surface area contributed by atoms with Crippen LogP contribution in [-0.2, 0) is 0 Å². The van der Waals surface area contributed by atoms with Gasteiger partial charge < -0.3 is 5.32 Å². The number of carbonyl (C=O) groups excluding carboxylic acids is 1. The zero-order valence-electron chi connectivity index (χ0n) is 9.45. The summed E-state index contributed by atoms with van der Waals surface area (Å²) >= 11 is 4.79. The lowest BCUT2D eigenvalue weighted by atomic mass is 10.2. The van der Waals surface area contributed by atoms with Crippen LogP contribution in [0.1, 0.15) is 20.2 Å². The quantitative estimate of drug-likeness (QED) is 0.917. The third-order valence-corrected chi connectivity index (χ3v) is 3.51. The summed E-state index contributed by atoms with van der Waals surface area (Å²) in [5, 5.41) is 3.74. The molecule has 0 saturated heterocycles. The summed E-state index contributed by atoms with van der Waals surface area (Å²) in [6.07, 6.45) is 1.60. The fraction of sp³-hybridized carbons (Fsp3) is 0.167. The van der Waals surface area contributed by atoms with Crippen LogP contribution in [0.15, 0.2) is 28.9 Å². The number of thiazole rings is 1. The lowest BCUT2D eigenvalue weighted by molar-refractivity contribution is 0.103. The average molecular weight is 311 g/mol. The molecule has 1 aromatic carbocycles. The number of halogens is 1. The number of anilines is 1. The van der Waals surface area contributed by atoms with Gasteiger partial charge in [-0.15, -0.1) is 11.3 Å². The number of hydrogen-bond acceptors (Lipinski definition) is 3. The van der Waals surface area contributed by atoms with E-state index >= 15 is 0 Å². The Morgan fingerprint density at radius 1 is 1.35 bits per heavy atom. The van der Waals surface area contributed by atoms with E-state index in [0.29, 0.717) is 4.88 Å². The molecule has 1 N–H and O–H groups in total. The molecule has 0 aliphatic rings. The Morgan fingerprint density at radius 3 is 2.71 bits per heavy atom. The first-order valence-corrected chi connectivity index (χ1v) is 6.66. The molecular weight excluding hydrogens is 300 g/mol. The molecule has 0 bridgehead atoms. The fourth-order valence-electron chi connectivity index (χ4n) is 1.47. The van der Waals surface area contributed by atoms with Gasteiger partial charge in [-0.05, 0) is 37.6 Å².